The highest BCUT2D eigenvalue weighted by atomic mass is 19.1. The molecule has 0 radical (unpaired) electrons. The van der Waals surface area contributed by atoms with Gasteiger partial charge in [0.15, 0.2) is 0 Å². The van der Waals surface area contributed by atoms with Crippen LogP contribution >= 0.6 is 0 Å². The highest BCUT2D eigenvalue weighted by Crippen LogP contribution is 1.98. The topological polar surface area (TPSA) is 35.0 Å². The first kappa shape index (κ1) is 9.11. The number of halogens is 1. The molecule has 0 bridgehead atoms. The smallest absolute Gasteiger partial charge is 0.0934 e. The Morgan fingerprint density at radius 1 is 1.10 bits per heavy atom. The van der Waals surface area contributed by atoms with E-state index in [4.69, 9.17) is 0 Å². The van der Waals surface area contributed by atoms with Crippen LogP contribution in [0.1, 0.15) is 5.56 Å². The van der Waals surface area contributed by atoms with Crippen LogP contribution in [0.4, 0.5) is 4.39 Å². The highest BCUT2D eigenvalue weighted by Gasteiger charge is 1.86. The summed E-state index contributed by atoms with van der Waals surface area (Å²) in [4.78, 5) is 0. The van der Waals surface area contributed by atoms with E-state index in [9.17, 15) is 4.39 Å². The van der Waals surface area contributed by atoms with Crippen molar-refractivity contribution in [3.8, 4) is 0 Å². The number of hydrogen-bond acceptors (Lipinski definition) is 1. The predicted molar refractivity (Wildman–Crippen MR) is 41.1 cm³/mol. The fourth-order valence-electron chi connectivity index (χ4n) is 0.754. The molecule has 0 heterocycles. The molecule has 3 N–H and O–H groups in total. The van der Waals surface area contributed by atoms with Crippen molar-refractivity contribution in [2.75, 3.05) is 6.67 Å². The van der Waals surface area contributed by atoms with E-state index >= 15 is 0 Å². The van der Waals surface area contributed by atoms with Gasteiger partial charge in [-0.2, -0.15) is 0 Å². The van der Waals surface area contributed by atoms with Gasteiger partial charge in [0.05, 0.1) is 6.67 Å². The third kappa shape index (κ3) is 2.60. The summed E-state index contributed by atoms with van der Waals surface area (Å²) in [5.74, 6) is 0. The zero-order chi connectivity index (χ0) is 6.53. The van der Waals surface area contributed by atoms with Crippen molar-refractivity contribution >= 4 is 0 Å². The van der Waals surface area contributed by atoms with Crippen molar-refractivity contribution in [2.24, 2.45) is 0 Å². The van der Waals surface area contributed by atoms with Crippen LogP contribution in [0.15, 0.2) is 30.3 Å². The van der Waals surface area contributed by atoms with Gasteiger partial charge in [-0.3, -0.25) is 4.39 Å². The molecule has 1 nitrogen and oxygen atoms in total. The summed E-state index contributed by atoms with van der Waals surface area (Å²) < 4.78 is 11.7. The van der Waals surface area contributed by atoms with Crippen LogP contribution in [0.25, 0.3) is 0 Å². The van der Waals surface area contributed by atoms with Gasteiger partial charge >= 0.3 is 0 Å². The quantitative estimate of drug-likeness (QED) is 0.674. The molecule has 2 heteroatoms. The number of hydrogen-bond donors (Lipinski definition) is 1. The molecule has 10 heavy (non-hydrogen) atoms. The summed E-state index contributed by atoms with van der Waals surface area (Å²) >= 11 is 0. The number of rotatable bonds is 2. The molecule has 0 amide bonds. The third-order valence-electron chi connectivity index (χ3n) is 1.23. The van der Waals surface area contributed by atoms with Crippen LogP contribution in [0.5, 0.6) is 0 Å². The van der Waals surface area contributed by atoms with E-state index < -0.39 is 0 Å². The van der Waals surface area contributed by atoms with Crippen LogP contribution in [-0.4, -0.2) is 6.67 Å². The average Bonchev–Trinajstić information content (AvgIpc) is 1.91. The molecule has 1 rings (SSSR count). The Hall–Kier alpha value is -0.890. The van der Waals surface area contributed by atoms with Gasteiger partial charge in [0.1, 0.15) is 0 Å². The molecule has 0 atom stereocenters. The second-order valence-corrected chi connectivity index (χ2v) is 1.92. The molecule has 0 aliphatic rings. The minimum Gasteiger partial charge on any atom is -0.344 e. The molecule has 1 aromatic carbocycles. The summed E-state index contributed by atoms with van der Waals surface area (Å²) in [6, 6.07) is 9.64. The van der Waals surface area contributed by atoms with Gasteiger partial charge in [-0.05, 0) is 5.56 Å². The standard InChI is InChI=1S/C8H9F.H3N/c9-7-6-8-4-2-1-3-5-8;/h1-5H,6-7H2;1H3. The van der Waals surface area contributed by atoms with Crippen molar-refractivity contribution in [3.05, 3.63) is 35.9 Å². The Morgan fingerprint density at radius 3 is 2.20 bits per heavy atom. The van der Waals surface area contributed by atoms with Crippen molar-refractivity contribution in [1.29, 1.82) is 0 Å². The molecule has 0 aromatic heterocycles. The Kier molecular flexibility index (Phi) is 4.50. The van der Waals surface area contributed by atoms with Crippen LogP contribution in [-0.2, 0) is 6.42 Å². The minimum atomic E-state index is -0.260. The SMILES string of the molecule is FCCc1ccccc1.N. The van der Waals surface area contributed by atoms with Gasteiger partial charge < -0.3 is 6.15 Å². The van der Waals surface area contributed by atoms with Gasteiger partial charge in [-0.15, -0.1) is 0 Å². The van der Waals surface area contributed by atoms with E-state index in [1.807, 2.05) is 30.3 Å². The second kappa shape index (κ2) is 4.94. The lowest BCUT2D eigenvalue weighted by Crippen LogP contribution is -1.83. The first-order chi connectivity index (χ1) is 4.43. The Morgan fingerprint density at radius 2 is 1.70 bits per heavy atom. The van der Waals surface area contributed by atoms with Gasteiger partial charge in [-0.1, -0.05) is 30.3 Å². The van der Waals surface area contributed by atoms with Crippen LogP contribution < -0.4 is 6.15 Å². The van der Waals surface area contributed by atoms with E-state index in [1.165, 1.54) is 0 Å². The van der Waals surface area contributed by atoms with E-state index in [-0.39, 0.29) is 12.8 Å². The van der Waals surface area contributed by atoms with Gasteiger partial charge in [-0.25, -0.2) is 0 Å². The largest absolute Gasteiger partial charge is 0.344 e. The summed E-state index contributed by atoms with van der Waals surface area (Å²) in [6.07, 6.45) is 0.542. The van der Waals surface area contributed by atoms with Crippen molar-refractivity contribution < 1.29 is 4.39 Å². The Bertz CT molecular complexity index is 162. The third-order valence-corrected chi connectivity index (χ3v) is 1.23. The molecule has 1 aromatic rings. The van der Waals surface area contributed by atoms with Crippen molar-refractivity contribution in [3.63, 3.8) is 0 Å². The monoisotopic (exact) mass is 141 g/mol. The van der Waals surface area contributed by atoms with E-state index in [1.54, 1.807) is 0 Å². The average molecular weight is 141 g/mol. The first-order valence-corrected chi connectivity index (χ1v) is 3.03. The molecular formula is C8H12FN. The molecule has 0 saturated carbocycles. The van der Waals surface area contributed by atoms with E-state index in [0.717, 1.165) is 5.56 Å². The summed E-state index contributed by atoms with van der Waals surface area (Å²) in [6.45, 7) is -0.260. The Balaban J connectivity index is 0.000000810. The molecular weight excluding hydrogens is 129 g/mol. The van der Waals surface area contributed by atoms with E-state index in [2.05, 4.69) is 0 Å². The summed E-state index contributed by atoms with van der Waals surface area (Å²) in [5.41, 5.74) is 1.07. The van der Waals surface area contributed by atoms with Crippen LogP contribution in [0.3, 0.4) is 0 Å². The minimum absolute atomic E-state index is 0. The zero-order valence-electron chi connectivity index (χ0n) is 5.89. The predicted octanol–water partition coefficient (Wildman–Crippen LogP) is 2.36. The van der Waals surface area contributed by atoms with Gasteiger partial charge in [0.25, 0.3) is 0 Å². The van der Waals surface area contributed by atoms with E-state index in [0.29, 0.717) is 6.42 Å². The first-order valence-electron chi connectivity index (χ1n) is 3.03. The fraction of sp³-hybridized carbons (Fsp3) is 0.250. The van der Waals surface area contributed by atoms with Gasteiger partial charge in [0, 0.05) is 6.42 Å². The fourth-order valence-corrected chi connectivity index (χ4v) is 0.754. The lowest BCUT2D eigenvalue weighted by Gasteiger charge is -1.92. The number of benzene rings is 1. The maximum atomic E-state index is 11.7. The van der Waals surface area contributed by atoms with Crippen LogP contribution in [0, 0.1) is 0 Å². The summed E-state index contributed by atoms with van der Waals surface area (Å²) in [7, 11) is 0. The molecule has 0 saturated heterocycles. The normalized spacial score (nSPS) is 8.50. The molecule has 0 aliphatic heterocycles. The van der Waals surface area contributed by atoms with Crippen LogP contribution in [0.2, 0.25) is 0 Å². The lowest BCUT2D eigenvalue weighted by molar-refractivity contribution is 0.495. The molecule has 0 spiro atoms. The molecule has 0 aliphatic carbocycles. The molecule has 0 fully saturated rings. The highest BCUT2D eigenvalue weighted by molar-refractivity contribution is 5.14. The maximum absolute atomic E-state index is 11.7. The molecule has 56 valence electrons. The number of aryl methyl sites for hydroxylation is 1. The maximum Gasteiger partial charge on any atom is 0.0934 e. The zero-order valence-corrected chi connectivity index (χ0v) is 5.89. The summed E-state index contributed by atoms with van der Waals surface area (Å²) in [5, 5.41) is 0. The Labute approximate surface area is 60.5 Å². The molecule has 0 unspecified atom stereocenters. The lowest BCUT2D eigenvalue weighted by atomic mass is 10.2. The van der Waals surface area contributed by atoms with Crippen molar-refractivity contribution in [1.82, 2.24) is 6.15 Å². The van der Waals surface area contributed by atoms with Crippen molar-refractivity contribution in [2.45, 2.75) is 6.42 Å². The second-order valence-electron chi connectivity index (χ2n) is 1.92. The number of alkyl halides is 1. The van der Waals surface area contributed by atoms with Gasteiger partial charge in [0.2, 0.25) is 0 Å².